The van der Waals surface area contributed by atoms with Gasteiger partial charge >= 0.3 is 11.9 Å². The molecular weight excluding hydrogens is 284 g/mol. The van der Waals surface area contributed by atoms with Crippen LogP contribution in [0.25, 0.3) is 0 Å². The van der Waals surface area contributed by atoms with Crippen LogP contribution < -0.4 is 10.6 Å². The zero-order valence-electron chi connectivity index (χ0n) is 11.9. The number of rotatable bonds is 3. The van der Waals surface area contributed by atoms with E-state index in [9.17, 15) is 9.59 Å². The summed E-state index contributed by atoms with van der Waals surface area (Å²) in [6, 6.07) is 6.83. The molecule has 1 aliphatic rings. The number of amides is 3. The van der Waals surface area contributed by atoms with Gasteiger partial charge in [0.2, 0.25) is 0 Å². The summed E-state index contributed by atoms with van der Waals surface area (Å²) >= 11 is 0. The third kappa shape index (κ3) is 3.25. The second kappa shape index (κ2) is 6.30. The number of hydrogen-bond acceptors (Lipinski definition) is 4. The number of hydrogen-bond donors (Lipinski definition) is 2. The van der Waals surface area contributed by atoms with Crippen molar-refractivity contribution in [1.29, 1.82) is 0 Å². The van der Waals surface area contributed by atoms with Crippen LogP contribution in [0.4, 0.5) is 16.2 Å². The van der Waals surface area contributed by atoms with Gasteiger partial charge in [0.15, 0.2) is 0 Å². The minimum Gasteiger partial charge on any atom is -0.441 e. The molecule has 0 bridgehead atoms. The van der Waals surface area contributed by atoms with E-state index in [0.29, 0.717) is 11.4 Å². The highest BCUT2D eigenvalue weighted by atomic mass is 16.3. The predicted molar refractivity (Wildman–Crippen MR) is 80.7 cm³/mol. The van der Waals surface area contributed by atoms with Gasteiger partial charge in [-0.25, -0.2) is 9.78 Å². The van der Waals surface area contributed by atoms with Crippen molar-refractivity contribution >= 4 is 23.3 Å². The van der Waals surface area contributed by atoms with Gasteiger partial charge in [0.05, 0.1) is 6.20 Å². The molecule has 7 heteroatoms. The summed E-state index contributed by atoms with van der Waals surface area (Å²) in [6.45, 7) is 1.57. The Morgan fingerprint density at radius 2 is 1.86 bits per heavy atom. The molecule has 1 aliphatic heterocycles. The van der Waals surface area contributed by atoms with Crippen molar-refractivity contribution in [2.24, 2.45) is 0 Å². The summed E-state index contributed by atoms with van der Waals surface area (Å²) in [5, 5.41) is 5.50. The fourth-order valence-electron chi connectivity index (χ4n) is 2.32. The standard InChI is InChI=1S/C15H16N4O3/c20-13(14-16-6-9-22-14)17-11-4-3-5-12(10-11)18-15(21)19-7-1-2-8-19/h3-6,9-10H,1-2,7-8H2,(H,17,20)(H,18,21). The van der Waals surface area contributed by atoms with E-state index >= 15 is 0 Å². The molecule has 0 atom stereocenters. The summed E-state index contributed by atoms with van der Waals surface area (Å²) in [5.74, 6) is -0.445. The van der Waals surface area contributed by atoms with Crippen LogP contribution in [-0.2, 0) is 0 Å². The first-order chi connectivity index (χ1) is 10.7. The Hall–Kier alpha value is -2.83. The van der Waals surface area contributed by atoms with E-state index in [0.717, 1.165) is 25.9 Å². The highest BCUT2D eigenvalue weighted by Gasteiger charge is 2.18. The van der Waals surface area contributed by atoms with Crippen LogP contribution in [0.15, 0.2) is 41.1 Å². The van der Waals surface area contributed by atoms with Crippen LogP contribution in [0.2, 0.25) is 0 Å². The number of benzene rings is 1. The molecule has 2 N–H and O–H groups in total. The SMILES string of the molecule is O=C(Nc1cccc(NC(=O)N2CCCC2)c1)c1ncco1. The van der Waals surface area contributed by atoms with Gasteiger partial charge in [-0.15, -0.1) is 0 Å². The molecule has 2 aromatic rings. The number of carbonyl (C=O) groups excluding carboxylic acids is 2. The second-order valence-corrected chi connectivity index (χ2v) is 5.00. The topological polar surface area (TPSA) is 87.5 Å². The van der Waals surface area contributed by atoms with Gasteiger partial charge in [0, 0.05) is 24.5 Å². The third-order valence-corrected chi connectivity index (χ3v) is 3.39. The first kappa shape index (κ1) is 14.1. The molecule has 0 aliphatic carbocycles. The zero-order valence-corrected chi connectivity index (χ0v) is 11.9. The van der Waals surface area contributed by atoms with Crippen LogP contribution in [0.1, 0.15) is 23.5 Å². The largest absolute Gasteiger partial charge is 0.441 e. The quantitative estimate of drug-likeness (QED) is 0.912. The van der Waals surface area contributed by atoms with E-state index in [2.05, 4.69) is 15.6 Å². The maximum Gasteiger partial charge on any atom is 0.321 e. The summed E-state index contributed by atoms with van der Waals surface area (Å²) in [7, 11) is 0. The zero-order chi connectivity index (χ0) is 15.4. The lowest BCUT2D eigenvalue weighted by Gasteiger charge is -2.16. The van der Waals surface area contributed by atoms with Crippen molar-refractivity contribution in [3.63, 3.8) is 0 Å². The highest BCUT2D eigenvalue weighted by molar-refractivity contribution is 6.01. The molecule has 7 nitrogen and oxygen atoms in total. The number of carbonyl (C=O) groups is 2. The first-order valence-electron chi connectivity index (χ1n) is 7.09. The van der Waals surface area contributed by atoms with Crippen LogP contribution in [0.3, 0.4) is 0 Å². The second-order valence-electron chi connectivity index (χ2n) is 5.00. The van der Waals surface area contributed by atoms with Crippen molar-refractivity contribution < 1.29 is 14.0 Å². The average Bonchev–Trinajstić information content (AvgIpc) is 3.21. The van der Waals surface area contributed by atoms with Crippen molar-refractivity contribution in [3.8, 4) is 0 Å². The Morgan fingerprint density at radius 3 is 2.55 bits per heavy atom. The van der Waals surface area contributed by atoms with Crippen LogP contribution in [-0.4, -0.2) is 34.9 Å². The van der Waals surface area contributed by atoms with Crippen LogP contribution >= 0.6 is 0 Å². The van der Waals surface area contributed by atoms with E-state index < -0.39 is 5.91 Å². The lowest BCUT2D eigenvalue weighted by atomic mass is 10.2. The number of likely N-dealkylation sites (tertiary alicyclic amines) is 1. The first-order valence-corrected chi connectivity index (χ1v) is 7.09. The fraction of sp³-hybridized carbons (Fsp3) is 0.267. The average molecular weight is 300 g/mol. The van der Waals surface area contributed by atoms with E-state index in [1.807, 2.05) is 0 Å². The Balaban J connectivity index is 1.64. The number of nitrogens with one attached hydrogen (secondary N) is 2. The third-order valence-electron chi connectivity index (χ3n) is 3.39. The molecule has 1 aromatic heterocycles. The molecule has 2 heterocycles. The molecular formula is C15H16N4O3. The Morgan fingerprint density at radius 1 is 1.14 bits per heavy atom. The van der Waals surface area contributed by atoms with E-state index in [-0.39, 0.29) is 11.9 Å². The van der Waals surface area contributed by atoms with Gasteiger partial charge in [-0.1, -0.05) is 6.07 Å². The van der Waals surface area contributed by atoms with Crippen molar-refractivity contribution in [2.45, 2.75) is 12.8 Å². The molecule has 3 rings (SSSR count). The van der Waals surface area contributed by atoms with Gasteiger partial charge in [0.25, 0.3) is 5.89 Å². The molecule has 1 fully saturated rings. The normalized spacial score (nSPS) is 13.9. The molecule has 3 amide bonds. The summed E-state index contributed by atoms with van der Waals surface area (Å²) in [4.78, 5) is 29.4. The van der Waals surface area contributed by atoms with Crippen LogP contribution in [0, 0.1) is 0 Å². The number of nitrogens with zero attached hydrogens (tertiary/aromatic N) is 2. The number of urea groups is 1. The lowest BCUT2D eigenvalue weighted by Crippen LogP contribution is -2.32. The molecule has 0 saturated carbocycles. The smallest absolute Gasteiger partial charge is 0.321 e. The van der Waals surface area contributed by atoms with E-state index in [4.69, 9.17) is 4.42 Å². The minimum absolute atomic E-state index is 0.00787. The summed E-state index contributed by atoms with van der Waals surface area (Å²) < 4.78 is 4.93. The van der Waals surface area contributed by atoms with E-state index in [1.54, 1.807) is 29.2 Å². The molecule has 0 unspecified atom stereocenters. The van der Waals surface area contributed by atoms with Crippen molar-refractivity contribution in [2.75, 3.05) is 23.7 Å². The fourth-order valence-corrected chi connectivity index (χ4v) is 2.32. The molecule has 114 valence electrons. The van der Waals surface area contributed by atoms with E-state index in [1.165, 1.54) is 12.5 Å². The Kier molecular flexibility index (Phi) is 4.04. The number of aromatic nitrogens is 1. The maximum atomic E-state index is 12.0. The molecule has 1 aromatic carbocycles. The van der Waals surface area contributed by atoms with Gasteiger partial charge in [-0.2, -0.15) is 0 Å². The summed E-state index contributed by atoms with van der Waals surface area (Å²) in [6.07, 6.45) is 4.82. The lowest BCUT2D eigenvalue weighted by molar-refractivity contribution is 0.0990. The predicted octanol–water partition coefficient (Wildman–Crippen LogP) is 2.55. The molecule has 0 radical (unpaired) electrons. The van der Waals surface area contributed by atoms with Gasteiger partial charge in [-0.05, 0) is 31.0 Å². The van der Waals surface area contributed by atoms with Crippen LogP contribution in [0.5, 0.6) is 0 Å². The Bertz CT molecular complexity index is 663. The summed E-state index contributed by atoms with van der Waals surface area (Å²) in [5.41, 5.74) is 1.18. The maximum absolute atomic E-state index is 12.0. The highest BCUT2D eigenvalue weighted by Crippen LogP contribution is 2.17. The van der Waals surface area contributed by atoms with Crippen molar-refractivity contribution in [3.05, 3.63) is 42.6 Å². The van der Waals surface area contributed by atoms with Crippen molar-refractivity contribution in [1.82, 2.24) is 9.88 Å². The van der Waals surface area contributed by atoms with Gasteiger partial charge in [-0.3, -0.25) is 4.79 Å². The van der Waals surface area contributed by atoms with Gasteiger partial charge < -0.3 is 20.0 Å². The minimum atomic E-state index is -0.437. The van der Waals surface area contributed by atoms with Gasteiger partial charge in [0.1, 0.15) is 6.26 Å². The monoisotopic (exact) mass is 300 g/mol. The number of oxazole rings is 1. The molecule has 22 heavy (non-hydrogen) atoms. The molecule has 1 saturated heterocycles. The Labute approximate surface area is 127 Å². The molecule has 0 spiro atoms. The number of anilines is 2.